The minimum Gasteiger partial charge on any atom is -0.431 e. The van der Waals surface area contributed by atoms with E-state index in [1.807, 2.05) is 73.7 Å². The SMILES string of the molecule is Cc1cc(C(=O)CSc2nc(-c3ccccc3)c(-c3ccccc3)o2)c(C)n1C[C@H]1CCCO1. The first-order valence-corrected chi connectivity index (χ1v) is 12.6. The topological polar surface area (TPSA) is 57.3 Å². The lowest BCUT2D eigenvalue weighted by Gasteiger charge is -2.14. The van der Waals surface area contributed by atoms with Gasteiger partial charge in [0.1, 0.15) is 5.69 Å². The van der Waals surface area contributed by atoms with E-state index in [-0.39, 0.29) is 17.6 Å². The zero-order chi connectivity index (χ0) is 23.5. The van der Waals surface area contributed by atoms with Gasteiger partial charge in [-0.15, -0.1) is 0 Å². The minimum absolute atomic E-state index is 0.0809. The molecule has 5 rings (SSSR count). The van der Waals surface area contributed by atoms with E-state index in [1.165, 1.54) is 11.8 Å². The summed E-state index contributed by atoms with van der Waals surface area (Å²) in [7, 11) is 0. The molecule has 0 amide bonds. The minimum atomic E-state index is 0.0809. The fourth-order valence-electron chi connectivity index (χ4n) is 4.50. The average molecular weight is 473 g/mol. The van der Waals surface area contributed by atoms with Crippen LogP contribution >= 0.6 is 11.8 Å². The predicted molar refractivity (Wildman–Crippen MR) is 135 cm³/mol. The number of hydrogen-bond acceptors (Lipinski definition) is 5. The number of hydrogen-bond donors (Lipinski definition) is 0. The summed E-state index contributed by atoms with van der Waals surface area (Å²) in [5.74, 6) is 1.07. The van der Waals surface area contributed by atoms with Crippen molar-refractivity contribution in [3.05, 3.63) is 83.7 Å². The number of ether oxygens (including phenoxy) is 1. The Hall–Kier alpha value is -3.09. The van der Waals surface area contributed by atoms with Crippen molar-refractivity contribution in [3.63, 3.8) is 0 Å². The molecule has 0 bridgehead atoms. The molecule has 0 saturated carbocycles. The fraction of sp³-hybridized carbons (Fsp3) is 0.286. The van der Waals surface area contributed by atoms with Gasteiger partial charge >= 0.3 is 0 Å². The highest BCUT2D eigenvalue weighted by molar-refractivity contribution is 7.99. The number of aryl methyl sites for hydroxylation is 1. The van der Waals surface area contributed by atoms with Crippen LogP contribution in [0.3, 0.4) is 0 Å². The van der Waals surface area contributed by atoms with Crippen LogP contribution in [0.5, 0.6) is 0 Å². The molecule has 2 aromatic carbocycles. The van der Waals surface area contributed by atoms with Crippen molar-refractivity contribution in [2.24, 2.45) is 0 Å². The van der Waals surface area contributed by atoms with Crippen molar-refractivity contribution >= 4 is 17.5 Å². The summed E-state index contributed by atoms with van der Waals surface area (Å²) in [4.78, 5) is 17.9. The molecule has 6 heteroatoms. The number of thioether (sulfide) groups is 1. The third kappa shape index (κ3) is 4.74. The zero-order valence-corrected chi connectivity index (χ0v) is 20.3. The molecule has 0 spiro atoms. The molecule has 34 heavy (non-hydrogen) atoms. The van der Waals surface area contributed by atoms with Crippen LogP contribution in [-0.4, -0.2) is 33.8 Å². The number of oxazole rings is 1. The summed E-state index contributed by atoms with van der Waals surface area (Å²) in [6, 6.07) is 22.0. The van der Waals surface area contributed by atoms with Crippen molar-refractivity contribution in [1.82, 2.24) is 9.55 Å². The van der Waals surface area contributed by atoms with Gasteiger partial charge in [0.15, 0.2) is 11.5 Å². The second-order valence-corrected chi connectivity index (χ2v) is 9.56. The second-order valence-electron chi connectivity index (χ2n) is 8.63. The lowest BCUT2D eigenvalue weighted by atomic mass is 10.1. The molecule has 1 fully saturated rings. The van der Waals surface area contributed by atoms with Gasteiger partial charge in [-0.25, -0.2) is 4.98 Å². The van der Waals surface area contributed by atoms with Crippen molar-refractivity contribution in [2.75, 3.05) is 12.4 Å². The number of ketones is 1. The molecule has 0 aliphatic carbocycles. The molecule has 3 heterocycles. The van der Waals surface area contributed by atoms with Crippen LogP contribution < -0.4 is 0 Å². The number of benzene rings is 2. The fourth-order valence-corrected chi connectivity index (χ4v) is 5.21. The Morgan fingerprint density at radius 1 is 1.06 bits per heavy atom. The van der Waals surface area contributed by atoms with Gasteiger partial charge in [0.05, 0.1) is 11.9 Å². The normalized spacial score (nSPS) is 15.6. The lowest BCUT2D eigenvalue weighted by molar-refractivity contribution is 0.0957. The van der Waals surface area contributed by atoms with Crippen LogP contribution in [0.15, 0.2) is 76.4 Å². The van der Waals surface area contributed by atoms with Crippen LogP contribution in [0, 0.1) is 13.8 Å². The third-order valence-electron chi connectivity index (χ3n) is 6.30. The zero-order valence-electron chi connectivity index (χ0n) is 19.5. The third-order valence-corrected chi connectivity index (χ3v) is 7.13. The molecule has 1 aliphatic rings. The quantitative estimate of drug-likeness (QED) is 0.214. The standard InChI is InChI=1S/C28H28N2O3S/c1-19-16-24(20(2)30(19)17-23-14-9-15-32-23)25(31)18-34-28-29-26(21-10-5-3-6-11-21)27(33-28)22-12-7-4-8-13-22/h3-8,10-13,16,23H,9,14-15,17-18H2,1-2H3/t23-/m1/s1. The number of aromatic nitrogens is 2. The van der Waals surface area contributed by atoms with E-state index in [4.69, 9.17) is 14.1 Å². The molecule has 5 nitrogen and oxygen atoms in total. The molecule has 0 radical (unpaired) electrons. The Balaban J connectivity index is 1.35. The Kier molecular flexibility index (Phi) is 6.70. The van der Waals surface area contributed by atoms with Crippen LogP contribution in [0.4, 0.5) is 0 Å². The summed E-state index contributed by atoms with van der Waals surface area (Å²) in [6.45, 7) is 5.71. The molecule has 1 atom stereocenters. The molecule has 0 unspecified atom stereocenters. The first kappa shape index (κ1) is 22.7. The summed E-state index contributed by atoms with van der Waals surface area (Å²) in [6.07, 6.45) is 2.43. The molecular weight excluding hydrogens is 444 g/mol. The first-order valence-electron chi connectivity index (χ1n) is 11.7. The van der Waals surface area contributed by atoms with Crippen LogP contribution in [0.2, 0.25) is 0 Å². The van der Waals surface area contributed by atoms with Crippen molar-refractivity contribution in [2.45, 2.75) is 44.6 Å². The summed E-state index contributed by atoms with van der Waals surface area (Å²) in [5.41, 5.74) is 5.60. The Morgan fingerprint density at radius 2 is 1.76 bits per heavy atom. The number of carbonyl (C=O) groups is 1. The average Bonchev–Trinajstić information content (AvgIpc) is 3.60. The molecule has 1 saturated heterocycles. The van der Waals surface area contributed by atoms with E-state index in [9.17, 15) is 4.79 Å². The predicted octanol–water partition coefficient (Wildman–Crippen LogP) is 6.58. The highest BCUT2D eigenvalue weighted by Crippen LogP contribution is 2.35. The van der Waals surface area contributed by atoms with Gasteiger partial charge in [-0.1, -0.05) is 72.4 Å². The lowest BCUT2D eigenvalue weighted by Crippen LogP contribution is -2.17. The van der Waals surface area contributed by atoms with E-state index in [0.717, 1.165) is 65.5 Å². The van der Waals surface area contributed by atoms with E-state index < -0.39 is 0 Å². The van der Waals surface area contributed by atoms with E-state index in [2.05, 4.69) is 11.5 Å². The number of nitrogens with zero attached hydrogens (tertiary/aromatic N) is 2. The van der Waals surface area contributed by atoms with E-state index in [1.54, 1.807) is 0 Å². The molecule has 174 valence electrons. The number of rotatable bonds is 8. The van der Waals surface area contributed by atoms with Gasteiger partial charge in [0.25, 0.3) is 5.22 Å². The van der Waals surface area contributed by atoms with Gasteiger partial charge in [0.2, 0.25) is 0 Å². The Bertz CT molecular complexity index is 1210. The van der Waals surface area contributed by atoms with E-state index >= 15 is 0 Å². The number of Topliss-reactive ketones (excluding diaryl/α,β-unsaturated/α-hetero) is 1. The summed E-state index contributed by atoms with van der Waals surface area (Å²) >= 11 is 1.34. The van der Waals surface area contributed by atoms with Gasteiger partial charge in [0, 0.05) is 41.2 Å². The highest BCUT2D eigenvalue weighted by Gasteiger charge is 2.22. The molecule has 0 N–H and O–H groups in total. The summed E-state index contributed by atoms with van der Waals surface area (Å²) < 4.78 is 14.2. The Labute approximate surface area is 204 Å². The monoisotopic (exact) mass is 472 g/mol. The van der Waals surface area contributed by atoms with Gasteiger partial charge in [-0.05, 0) is 32.8 Å². The van der Waals surface area contributed by atoms with Crippen molar-refractivity contribution in [1.29, 1.82) is 0 Å². The number of carbonyl (C=O) groups excluding carboxylic acids is 1. The van der Waals surface area contributed by atoms with E-state index in [0.29, 0.717) is 5.22 Å². The molecule has 4 aromatic rings. The maximum absolute atomic E-state index is 13.1. The molecule has 1 aliphatic heterocycles. The van der Waals surface area contributed by atoms with Gasteiger partial charge in [-0.3, -0.25) is 4.79 Å². The molecular formula is C28H28N2O3S. The van der Waals surface area contributed by atoms with Crippen molar-refractivity contribution < 1.29 is 13.9 Å². The Morgan fingerprint density at radius 3 is 2.44 bits per heavy atom. The van der Waals surface area contributed by atoms with Crippen LogP contribution in [0.1, 0.15) is 34.6 Å². The molecule has 2 aromatic heterocycles. The highest BCUT2D eigenvalue weighted by atomic mass is 32.2. The first-order chi connectivity index (χ1) is 16.6. The maximum atomic E-state index is 13.1. The second kappa shape index (κ2) is 10.0. The van der Waals surface area contributed by atoms with Gasteiger partial charge < -0.3 is 13.7 Å². The largest absolute Gasteiger partial charge is 0.431 e. The maximum Gasteiger partial charge on any atom is 0.257 e. The summed E-state index contributed by atoms with van der Waals surface area (Å²) in [5, 5.41) is 0.499. The van der Waals surface area contributed by atoms with Crippen LogP contribution in [0.25, 0.3) is 22.6 Å². The van der Waals surface area contributed by atoms with Gasteiger partial charge in [-0.2, -0.15) is 0 Å². The van der Waals surface area contributed by atoms with Crippen molar-refractivity contribution in [3.8, 4) is 22.6 Å². The smallest absolute Gasteiger partial charge is 0.257 e. The van der Waals surface area contributed by atoms with Crippen LogP contribution in [-0.2, 0) is 11.3 Å².